The number of sulfonamides is 1. The summed E-state index contributed by atoms with van der Waals surface area (Å²) in [6.07, 6.45) is 2.09. The molecule has 1 heterocycles. The van der Waals surface area contributed by atoms with Crippen LogP contribution in [0.15, 0.2) is 29.2 Å². The van der Waals surface area contributed by atoms with E-state index >= 15 is 0 Å². The second kappa shape index (κ2) is 6.49. The maximum atomic E-state index is 12.7. The second-order valence-electron chi connectivity index (χ2n) is 7.01. The number of benzene rings is 1. The lowest BCUT2D eigenvalue weighted by atomic mass is 9.94. The largest absolute Gasteiger partial charge is 0.243 e. The van der Waals surface area contributed by atoms with E-state index in [0.717, 1.165) is 12.8 Å². The van der Waals surface area contributed by atoms with Crippen LogP contribution in [-0.4, -0.2) is 25.8 Å². The van der Waals surface area contributed by atoms with Crippen LogP contribution in [0.5, 0.6) is 0 Å². The van der Waals surface area contributed by atoms with Crippen LogP contribution in [0, 0.1) is 17.8 Å². The minimum Gasteiger partial charge on any atom is -0.207 e. The Morgan fingerprint density at radius 1 is 1.10 bits per heavy atom. The monoisotopic (exact) mass is 309 g/mol. The van der Waals surface area contributed by atoms with E-state index in [1.807, 2.05) is 12.1 Å². The molecule has 1 aliphatic heterocycles. The highest BCUT2D eigenvalue weighted by Gasteiger charge is 2.31. The predicted molar refractivity (Wildman–Crippen MR) is 86.7 cm³/mol. The number of nitrogens with zero attached hydrogens (tertiary/aromatic N) is 1. The fraction of sp³-hybridized carbons (Fsp3) is 0.647. The van der Waals surface area contributed by atoms with Crippen molar-refractivity contribution in [3.8, 4) is 0 Å². The minimum absolute atomic E-state index is 0.427. The van der Waals surface area contributed by atoms with Crippen molar-refractivity contribution in [1.82, 2.24) is 4.31 Å². The van der Waals surface area contributed by atoms with Crippen LogP contribution in [0.4, 0.5) is 0 Å². The van der Waals surface area contributed by atoms with Crippen molar-refractivity contribution in [3.63, 3.8) is 0 Å². The first kappa shape index (κ1) is 16.5. The Balaban J connectivity index is 2.19. The van der Waals surface area contributed by atoms with E-state index in [4.69, 9.17) is 0 Å². The highest BCUT2D eigenvalue weighted by Crippen LogP contribution is 2.26. The molecule has 0 unspecified atom stereocenters. The Hall–Kier alpha value is -0.870. The normalized spacial score (nSPS) is 24.4. The van der Waals surface area contributed by atoms with Gasteiger partial charge in [-0.2, -0.15) is 4.31 Å². The molecule has 2 rings (SSSR count). The van der Waals surface area contributed by atoms with E-state index in [-0.39, 0.29) is 0 Å². The molecule has 1 saturated heterocycles. The van der Waals surface area contributed by atoms with Crippen molar-refractivity contribution in [2.75, 3.05) is 13.1 Å². The summed E-state index contributed by atoms with van der Waals surface area (Å²) in [6, 6.07) is 7.42. The topological polar surface area (TPSA) is 37.4 Å². The van der Waals surface area contributed by atoms with Crippen molar-refractivity contribution >= 4 is 10.0 Å². The summed E-state index contributed by atoms with van der Waals surface area (Å²) >= 11 is 0. The predicted octanol–water partition coefficient (Wildman–Crippen LogP) is 3.55. The minimum atomic E-state index is -3.34. The molecule has 0 bridgehead atoms. The summed E-state index contributed by atoms with van der Waals surface area (Å²) in [5, 5.41) is 0. The molecule has 0 saturated carbocycles. The van der Waals surface area contributed by atoms with Gasteiger partial charge in [-0.1, -0.05) is 39.8 Å². The van der Waals surface area contributed by atoms with Gasteiger partial charge in [-0.05, 0) is 48.3 Å². The molecule has 0 spiro atoms. The van der Waals surface area contributed by atoms with Gasteiger partial charge in [-0.15, -0.1) is 0 Å². The number of hydrogen-bond acceptors (Lipinski definition) is 2. The summed E-state index contributed by atoms with van der Waals surface area (Å²) in [5.74, 6) is 1.45. The molecule has 0 N–H and O–H groups in total. The second-order valence-corrected chi connectivity index (χ2v) is 8.95. The molecule has 0 amide bonds. The van der Waals surface area contributed by atoms with Crippen molar-refractivity contribution in [1.29, 1.82) is 0 Å². The molecule has 0 radical (unpaired) electrons. The fourth-order valence-corrected chi connectivity index (χ4v) is 4.90. The van der Waals surface area contributed by atoms with Crippen LogP contribution < -0.4 is 0 Å². The van der Waals surface area contributed by atoms with Crippen molar-refractivity contribution < 1.29 is 8.42 Å². The van der Waals surface area contributed by atoms with E-state index in [2.05, 4.69) is 27.7 Å². The zero-order valence-electron chi connectivity index (χ0n) is 13.5. The zero-order valence-corrected chi connectivity index (χ0v) is 14.4. The highest BCUT2D eigenvalue weighted by molar-refractivity contribution is 7.89. The summed E-state index contributed by atoms with van der Waals surface area (Å²) in [7, 11) is -3.34. The number of rotatable bonds is 4. The van der Waals surface area contributed by atoms with E-state index in [9.17, 15) is 8.42 Å². The summed E-state index contributed by atoms with van der Waals surface area (Å²) < 4.78 is 27.1. The average Bonchev–Trinajstić information content (AvgIpc) is 2.37. The molecule has 0 aliphatic carbocycles. The lowest BCUT2D eigenvalue weighted by Crippen LogP contribution is -2.42. The standard InChI is InChI=1S/C17H27NO2S/c1-13(2)9-16-5-7-17(8-6-16)21(19,20)18-11-14(3)10-15(4)12-18/h5-8,13-15H,9-12H2,1-4H3/t14-,15-/m0/s1. The Bertz CT molecular complexity index is 553. The van der Waals surface area contributed by atoms with Crippen LogP contribution in [0.2, 0.25) is 0 Å². The maximum absolute atomic E-state index is 12.7. The molecular formula is C17H27NO2S. The highest BCUT2D eigenvalue weighted by atomic mass is 32.2. The Labute approximate surface area is 129 Å². The van der Waals surface area contributed by atoms with E-state index in [1.54, 1.807) is 16.4 Å². The van der Waals surface area contributed by atoms with Gasteiger partial charge < -0.3 is 0 Å². The maximum Gasteiger partial charge on any atom is 0.243 e. The molecule has 3 nitrogen and oxygen atoms in total. The van der Waals surface area contributed by atoms with E-state index < -0.39 is 10.0 Å². The first-order chi connectivity index (χ1) is 9.79. The Kier molecular flexibility index (Phi) is 5.10. The zero-order chi connectivity index (χ0) is 15.6. The van der Waals surface area contributed by atoms with Gasteiger partial charge in [-0.25, -0.2) is 8.42 Å². The quantitative estimate of drug-likeness (QED) is 0.853. The van der Waals surface area contributed by atoms with Crippen molar-refractivity contribution in [2.45, 2.75) is 45.4 Å². The van der Waals surface area contributed by atoms with E-state index in [0.29, 0.717) is 35.7 Å². The van der Waals surface area contributed by atoms with Gasteiger partial charge in [0.2, 0.25) is 10.0 Å². The smallest absolute Gasteiger partial charge is 0.207 e. The molecule has 1 aliphatic rings. The van der Waals surface area contributed by atoms with E-state index in [1.165, 1.54) is 5.56 Å². The molecular weight excluding hydrogens is 282 g/mol. The molecule has 0 aromatic heterocycles. The third-order valence-corrected chi connectivity index (χ3v) is 5.89. The third-order valence-electron chi connectivity index (χ3n) is 4.04. The van der Waals surface area contributed by atoms with Crippen LogP contribution in [0.1, 0.15) is 39.7 Å². The summed E-state index contributed by atoms with van der Waals surface area (Å²) in [5.41, 5.74) is 1.20. The Morgan fingerprint density at radius 3 is 2.10 bits per heavy atom. The molecule has 1 aromatic carbocycles. The first-order valence-corrected chi connectivity index (χ1v) is 9.32. The molecule has 1 fully saturated rings. The molecule has 2 atom stereocenters. The first-order valence-electron chi connectivity index (χ1n) is 7.88. The summed E-state index contributed by atoms with van der Waals surface area (Å²) in [6.45, 7) is 9.87. The number of piperidine rings is 1. The van der Waals surface area contributed by atoms with Crippen LogP contribution >= 0.6 is 0 Å². The summed E-state index contributed by atoms with van der Waals surface area (Å²) in [4.78, 5) is 0.427. The SMILES string of the molecule is CC(C)Cc1ccc(S(=O)(=O)N2C[C@@H](C)C[C@H](C)C2)cc1. The Morgan fingerprint density at radius 2 is 1.62 bits per heavy atom. The van der Waals surface area contributed by atoms with Gasteiger partial charge in [0.1, 0.15) is 0 Å². The van der Waals surface area contributed by atoms with Gasteiger partial charge in [0, 0.05) is 13.1 Å². The van der Waals surface area contributed by atoms with Crippen molar-refractivity contribution in [2.24, 2.45) is 17.8 Å². The van der Waals surface area contributed by atoms with Gasteiger partial charge >= 0.3 is 0 Å². The van der Waals surface area contributed by atoms with Gasteiger partial charge in [0.05, 0.1) is 4.90 Å². The van der Waals surface area contributed by atoms with Gasteiger partial charge in [0.15, 0.2) is 0 Å². The fourth-order valence-electron chi connectivity index (χ4n) is 3.22. The molecule has 21 heavy (non-hydrogen) atoms. The molecule has 1 aromatic rings. The van der Waals surface area contributed by atoms with Gasteiger partial charge in [0.25, 0.3) is 0 Å². The molecule has 4 heteroatoms. The van der Waals surface area contributed by atoms with Crippen LogP contribution in [0.25, 0.3) is 0 Å². The average molecular weight is 309 g/mol. The van der Waals surface area contributed by atoms with Crippen molar-refractivity contribution in [3.05, 3.63) is 29.8 Å². The third kappa shape index (κ3) is 4.07. The van der Waals surface area contributed by atoms with Crippen LogP contribution in [-0.2, 0) is 16.4 Å². The molecule has 118 valence electrons. The van der Waals surface area contributed by atoms with Crippen LogP contribution in [0.3, 0.4) is 0 Å². The van der Waals surface area contributed by atoms with Gasteiger partial charge in [-0.3, -0.25) is 0 Å². The lowest BCUT2D eigenvalue weighted by molar-refractivity contribution is 0.222. The lowest BCUT2D eigenvalue weighted by Gasteiger charge is -2.34. The number of hydrogen-bond donors (Lipinski definition) is 0.